The van der Waals surface area contributed by atoms with Crippen molar-refractivity contribution >= 4 is 11.8 Å². The number of carbonyl (C=O) groups is 2. The van der Waals surface area contributed by atoms with Crippen molar-refractivity contribution in [2.45, 2.75) is 43.5 Å². The van der Waals surface area contributed by atoms with Gasteiger partial charge in [-0.1, -0.05) is 24.3 Å². The normalized spacial score (nSPS) is 26.8. The summed E-state index contributed by atoms with van der Waals surface area (Å²) in [5, 5.41) is 63.6. The first kappa shape index (κ1) is 24.7. The van der Waals surface area contributed by atoms with E-state index in [-0.39, 0.29) is 39.3 Å². The van der Waals surface area contributed by atoms with Crippen molar-refractivity contribution in [1.29, 1.82) is 0 Å². The number of hydrogen-bond donors (Lipinski definition) is 6. The standard InChI is InChI=1S/C27H24O10/c1-11-7-14-18(15-9-13(28)10-17(30)20(15)21(31)19(14)16(29)8-11)25-23(33)22(32)24(34)27(36-25)37-26(35)12-5-3-2-4-6-12/h2-10,18,22-25,27-30,32-34H,1H3/t18-,22-,23+,24-,25+,27+/m0/s1. The smallest absolute Gasteiger partial charge is 0.340 e. The van der Waals surface area contributed by atoms with Crippen LogP contribution in [0.1, 0.15) is 48.9 Å². The van der Waals surface area contributed by atoms with E-state index in [4.69, 9.17) is 9.47 Å². The minimum atomic E-state index is -1.83. The number of esters is 1. The third kappa shape index (κ3) is 4.09. The largest absolute Gasteiger partial charge is 0.508 e. The minimum Gasteiger partial charge on any atom is -0.508 e. The number of aromatic hydroxyl groups is 3. The summed E-state index contributed by atoms with van der Waals surface area (Å²) in [6, 6.07) is 13.0. The second kappa shape index (κ2) is 9.16. The van der Waals surface area contributed by atoms with E-state index < -0.39 is 54.1 Å². The van der Waals surface area contributed by atoms with Crippen LogP contribution in [0.5, 0.6) is 17.2 Å². The first-order valence-corrected chi connectivity index (χ1v) is 11.5. The van der Waals surface area contributed by atoms with Gasteiger partial charge in [-0.2, -0.15) is 0 Å². The number of aliphatic hydroxyl groups is 3. The Kier molecular flexibility index (Phi) is 6.12. The average molecular weight is 508 g/mol. The monoisotopic (exact) mass is 508 g/mol. The molecule has 1 aliphatic heterocycles. The summed E-state index contributed by atoms with van der Waals surface area (Å²) >= 11 is 0. The first-order chi connectivity index (χ1) is 17.6. The van der Waals surface area contributed by atoms with Crippen molar-refractivity contribution in [2.24, 2.45) is 0 Å². The summed E-state index contributed by atoms with van der Waals surface area (Å²) in [6.45, 7) is 1.66. The number of phenolic OH excluding ortho intramolecular Hbond substituents is 3. The molecule has 0 saturated carbocycles. The van der Waals surface area contributed by atoms with Gasteiger partial charge in [0.2, 0.25) is 12.1 Å². The van der Waals surface area contributed by atoms with E-state index >= 15 is 0 Å². The Labute approximate surface area is 210 Å². The van der Waals surface area contributed by atoms with Gasteiger partial charge in [-0.25, -0.2) is 4.79 Å². The molecule has 6 N–H and O–H groups in total. The van der Waals surface area contributed by atoms with E-state index in [1.807, 2.05) is 0 Å². The van der Waals surface area contributed by atoms with E-state index in [0.717, 1.165) is 6.07 Å². The van der Waals surface area contributed by atoms with Gasteiger partial charge in [-0.15, -0.1) is 0 Å². The molecule has 37 heavy (non-hydrogen) atoms. The molecule has 0 unspecified atom stereocenters. The van der Waals surface area contributed by atoms with Crippen LogP contribution >= 0.6 is 0 Å². The van der Waals surface area contributed by atoms with Gasteiger partial charge >= 0.3 is 5.97 Å². The quantitative estimate of drug-likeness (QED) is 0.284. The zero-order valence-electron chi connectivity index (χ0n) is 19.5. The third-order valence-electron chi connectivity index (χ3n) is 6.72. The van der Waals surface area contributed by atoms with Crippen molar-refractivity contribution < 1.29 is 49.7 Å². The SMILES string of the molecule is Cc1cc(O)c2c(c1)[C@H]([C@H]1O[C@H](OC(=O)c3ccccc3)[C@@H](O)[C@@H](O)[C@H]1O)c1cc(O)cc(O)c1C2=O. The Balaban J connectivity index is 1.62. The lowest BCUT2D eigenvalue weighted by Gasteiger charge is -2.44. The molecule has 3 aromatic rings. The molecule has 0 amide bonds. The highest BCUT2D eigenvalue weighted by Crippen LogP contribution is 2.48. The van der Waals surface area contributed by atoms with Crippen molar-refractivity contribution in [2.75, 3.05) is 0 Å². The van der Waals surface area contributed by atoms with Gasteiger partial charge in [0, 0.05) is 12.0 Å². The number of aryl methyl sites for hydroxylation is 1. The highest BCUT2D eigenvalue weighted by molar-refractivity contribution is 6.16. The Morgan fingerprint density at radius 2 is 1.46 bits per heavy atom. The van der Waals surface area contributed by atoms with Crippen molar-refractivity contribution in [3.05, 3.63) is 88.0 Å². The Morgan fingerprint density at radius 1 is 0.838 bits per heavy atom. The molecule has 192 valence electrons. The number of aliphatic hydroxyl groups excluding tert-OH is 3. The van der Waals surface area contributed by atoms with Crippen molar-refractivity contribution in [3.63, 3.8) is 0 Å². The molecule has 2 aliphatic rings. The summed E-state index contributed by atoms with van der Waals surface area (Å²) in [6.07, 6.45) is -8.56. The topological polar surface area (TPSA) is 174 Å². The van der Waals surface area contributed by atoms with Crippen LogP contribution in [0.4, 0.5) is 0 Å². The molecule has 0 aromatic heterocycles. The first-order valence-electron chi connectivity index (χ1n) is 11.5. The molecule has 0 bridgehead atoms. The van der Waals surface area contributed by atoms with E-state index in [9.17, 15) is 40.2 Å². The fourth-order valence-electron chi connectivity index (χ4n) is 5.05. The fourth-order valence-corrected chi connectivity index (χ4v) is 5.05. The maximum Gasteiger partial charge on any atom is 0.340 e. The highest BCUT2D eigenvalue weighted by Gasteiger charge is 2.51. The number of phenols is 3. The molecular weight excluding hydrogens is 484 g/mol. The van der Waals surface area contributed by atoms with Gasteiger partial charge < -0.3 is 40.1 Å². The third-order valence-corrected chi connectivity index (χ3v) is 6.72. The lowest BCUT2D eigenvalue weighted by atomic mass is 9.71. The van der Waals surface area contributed by atoms with Crippen LogP contribution in [0.25, 0.3) is 0 Å². The van der Waals surface area contributed by atoms with Crippen LogP contribution in [0, 0.1) is 6.92 Å². The molecular formula is C27H24O10. The number of rotatable bonds is 3. The molecule has 1 saturated heterocycles. The Morgan fingerprint density at radius 3 is 2.14 bits per heavy atom. The Bertz CT molecular complexity index is 1320. The zero-order chi connectivity index (χ0) is 26.6. The fraction of sp³-hybridized carbons (Fsp3) is 0.259. The molecule has 10 heteroatoms. The number of fused-ring (bicyclic) bond motifs is 2. The van der Waals surface area contributed by atoms with Crippen molar-refractivity contribution in [3.8, 4) is 17.2 Å². The van der Waals surface area contributed by atoms with Crippen LogP contribution in [-0.4, -0.2) is 73.1 Å². The average Bonchev–Trinajstić information content (AvgIpc) is 2.84. The van der Waals surface area contributed by atoms with Gasteiger partial charge in [0.25, 0.3) is 0 Å². The second-order valence-electron chi connectivity index (χ2n) is 9.20. The maximum atomic E-state index is 13.3. The van der Waals surface area contributed by atoms with Crippen LogP contribution in [0.2, 0.25) is 0 Å². The van der Waals surface area contributed by atoms with Crippen LogP contribution in [0.3, 0.4) is 0 Å². The lowest BCUT2D eigenvalue weighted by Crippen LogP contribution is -2.60. The molecule has 0 spiro atoms. The molecule has 6 atom stereocenters. The number of hydrogen-bond acceptors (Lipinski definition) is 10. The number of carbonyl (C=O) groups excluding carboxylic acids is 2. The summed E-state index contributed by atoms with van der Waals surface area (Å²) < 4.78 is 11.2. The van der Waals surface area contributed by atoms with E-state index in [1.54, 1.807) is 31.2 Å². The van der Waals surface area contributed by atoms with Gasteiger partial charge in [0.15, 0.2) is 0 Å². The maximum absolute atomic E-state index is 13.3. The van der Waals surface area contributed by atoms with Crippen LogP contribution < -0.4 is 0 Å². The highest BCUT2D eigenvalue weighted by atomic mass is 16.7. The number of benzene rings is 3. The molecule has 1 fully saturated rings. The van der Waals surface area contributed by atoms with E-state index in [1.165, 1.54) is 24.3 Å². The summed E-state index contributed by atoms with van der Waals surface area (Å²) in [5.41, 5.74) is 0.577. The summed E-state index contributed by atoms with van der Waals surface area (Å²) in [4.78, 5) is 25.9. The molecule has 5 rings (SSSR count). The number of ether oxygens (including phenoxy) is 2. The van der Waals surface area contributed by atoms with Gasteiger partial charge in [0.05, 0.1) is 16.7 Å². The van der Waals surface area contributed by atoms with E-state index in [0.29, 0.717) is 5.56 Å². The second-order valence-corrected chi connectivity index (χ2v) is 9.20. The van der Waals surface area contributed by atoms with Gasteiger partial charge in [-0.05, 0) is 47.9 Å². The predicted octanol–water partition coefficient (Wildman–Crippen LogP) is 1.45. The summed E-state index contributed by atoms with van der Waals surface area (Å²) in [5.74, 6) is -4.02. The molecule has 3 aromatic carbocycles. The lowest BCUT2D eigenvalue weighted by molar-refractivity contribution is -0.282. The Hall–Kier alpha value is -3.96. The van der Waals surface area contributed by atoms with Gasteiger partial charge in [0.1, 0.15) is 41.7 Å². The summed E-state index contributed by atoms with van der Waals surface area (Å²) in [7, 11) is 0. The van der Waals surface area contributed by atoms with Crippen LogP contribution in [0.15, 0.2) is 54.6 Å². The van der Waals surface area contributed by atoms with Gasteiger partial charge in [-0.3, -0.25) is 4.79 Å². The molecule has 1 heterocycles. The number of ketones is 1. The van der Waals surface area contributed by atoms with Crippen molar-refractivity contribution in [1.82, 2.24) is 0 Å². The zero-order valence-corrected chi connectivity index (χ0v) is 19.5. The molecule has 0 radical (unpaired) electrons. The predicted molar refractivity (Wildman–Crippen MR) is 126 cm³/mol. The van der Waals surface area contributed by atoms with E-state index in [2.05, 4.69) is 0 Å². The minimum absolute atomic E-state index is 0.0563. The molecule has 1 aliphatic carbocycles. The van der Waals surface area contributed by atoms with Crippen LogP contribution in [-0.2, 0) is 9.47 Å². The molecule has 10 nitrogen and oxygen atoms in total.